The van der Waals surface area contributed by atoms with Crippen LogP contribution in [0.2, 0.25) is 0 Å². The molecule has 0 fully saturated rings. The molecule has 2 amide bonds. The third-order valence-electron chi connectivity index (χ3n) is 3.12. The van der Waals surface area contributed by atoms with E-state index >= 15 is 0 Å². The summed E-state index contributed by atoms with van der Waals surface area (Å²) in [6.07, 6.45) is 2.02. The van der Waals surface area contributed by atoms with Gasteiger partial charge in [-0.3, -0.25) is 5.32 Å². The average Bonchev–Trinajstić information content (AvgIpc) is 2.96. The summed E-state index contributed by atoms with van der Waals surface area (Å²) in [5.74, 6) is 0. The molecule has 0 unspecified atom stereocenters. The number of carbonyl (C=O) groups excluding carboxylic acids is 1. The number of nitrogens with one attached hydrogen (secondary N) is 2. The second kappa shape index (κ2) is 6.81. The quantitative estimate of drug-likeness (QED) is 0.700. The van der Waals surface area contributed by atoms with Crippen LogP contribution >= 0.6 is 23.1 Å². The van der Waals surface area contributed by atoms with Gasteiger partial charge in [-0.2, -0.15) is 0 Å². The van der Waals surface area contributed by atoms with Crippen molar-refractivity contribution in [3.8, 4) is 0 Å². The molecule has 0 saturated heterocycles. The van der Waals surface area contributed by atoms with Crippen LogP contribution < -0.4 is 10.6 Å². The molecule has 112 valence electrons. The minimum absolute atomic E-state index is 0.242. The molecule has 0 spiro atoms. The number of aromatic nitrogens is 1. The number of carbonyl (C=O) groups is 1. The second-order valence-corrected chi connectivity index (χ2v) is 6.50. The van der Waals surface area contributed by atoms with E-state index in [2.05, 4.69) is 15.6 Å². The summed E-state index contributed by atoms with van der Waals surface area (Å²) in [6, 6.07) is 15.6. The van der Waals surface area contributed by atoms with E-state index < -0.39 is 0 Å². The highest BCUT2D eigenvalue weighted by Gasteiger charge is 2.09. The summed E-state index contributed by atoms with van der Waals surface area (Å²) >= 11 is 3.13. The number of urea groups is 1. The number of nitrogens with zero attached hydrogens (tertiary/aromatic N) is 1. The molecule has 2 aromatic carbocycles. The number of para-hydroxylation sites is 1. The Hall–Kier alpha value is -2.05. The maximum absolute atomic E-state index is 12.0. The number of amides is 2. The number of thioether (sulfide) groups is 1. The van der Waals surface area contributed by atoms with Gasteiger partial charge in [0.2, 0.25) is 0 Å². The summed E-state index contributed by atoms with van der Waals surface area (Å²) in [5, 5.41) is 6.25. The highest BCUT2D eigenvalue weighted by atomic mass is 32.2. The molecule has 0 aliphatic rings. The summed E-state index contributed by atoms with van der Waals surface area (Å²) in [5.41, 5.74) is 2.00. The van der Waals surface area contributed by atoms with Crippen LogP contribution in [-0.2, 0) is 6.54 Å². The van der Waals surface area contributed by atoms with Crippen LogP contribution in [-0.4, -0.2) is 17.3 Å². The molecule has 22 heavy (non-hydrogen) atoms. The van der Waals surface area contributed by atoms with Gasteiger partial charge in [-0.05, 0) is 24.0 Å². The SMILES string of the molecule is CSc1cccc2sc(NC(=O)NCc3ccccc3)nc12. The lowest BCUT2D eigenvalue weighted by Crippen LogP contribution is -2.28. The standard InChI is InChI=1S/C16H15N3OS2/c1-21-12-8-5-9-13-14(12)18-16(22-13)19-15(20)17-10-11-6-3-2-4-7-11/h2-9H,10H2,1H3,(H2,17,18,19,20). The van der Waals surface area contributed by atoms with Gasteiger partial charge in [0.05, 0.1) is 10.2 Å². The lowest BCUT2D eigenvalue weighted by Gasteiger charge is -2.05. The second-order valence-electron chi connectivity index (χ2n) is 4.62. The molecule has 1 aromatic heterocycles. The molecule has 0 saturated carbocycles. The Balaban J connectivity index is 1.66. The van der Waals surface area contributed by atoms with Gasteiger partial charge in [0.25, 0.3) is 0 Å². The third kappa shape index (κ3) is 3.40. The van der Waals surface area contributed by atoms with Crippen molar-refractivity contribution in [1.29, 1.82) is 0 Å². The van der Waals surface area contributed by atoms with Gasteiger partial charge in [-0.1, -0.05) is 47.7 Å². The number of hydrogen-bond acceptors (Lipinski definition) is 4. The first-order chi connectivity index (χ1) is 10.8. The Bertz CT molecular complexity index is 786. The van der Waals surface area contributed by atoms with Crippen molar-refractivity contribution >= 4 is 44.5 Å². The van der Waals surface area contributed by atoms with Crippen molar-refractivity contribution in [2.75, 3.05) is 11.6 Å². The number of rotatable bonds is 4. The smallest absolute Gasteiger partial charge is 0.321 e. The Morgan fingerprint density at radius 3 is 2.77 bits per heavy atom. The predicted molar refractivity (Wildman–Crippen MR) is 93.7 cm³/mol. The van der Waals surface area contributed by atoms with Crippen LogP contribution in [0.15, 0.2) is 53.4 Å². The first-order valence-corrected chi connectivity index (χ1v) is 8.83. The first kappa shape index (κ1) is 14.9. The number of benzene rings is 2. The van der Waals surface area contributed by atoms with Crippen molar-refractivity contribution in [2.24, 2.45) is 0 Å². The number of fused-ring (bicyclic) bond motifs is 1. The van der Waals surface area contributed by atoms with E-state index in [4.69, 9.17) is 0 Å². The zero-order valence-corrected chi connectivity index (χ0v) is 13.6. The highest BCUT2D eigenvalue weighted by Crippen LogP contribution is 2.32. The Labute approximate surface area is 137 Å². The summed E-state index contributed by atoms with van der Waals surface area (Å²) in [7, 11) is 0. The van der Waals surface area contributed by atoms with Crippen LogP contribution in [0.5, 0.6) is 0 Å². The fourth-order valence-corrected chi connectivity index (χ4v) is 3.58. The zero-order valence-electron chi connectivity index (χ0n) is 12.0. The van der Waals surface area contributed by atoms with Gasteiger partial charge >= 0.3 is 6.03 Å². The van der Waals surface area contributed by atoms with Gasteiger partial charge in [0.1, 0.15) is 0 Å². The van der Waals surface area contributed by atoms with E-state index in [1.54, 1.807) is 11.8 Å². The van der Waals surface area contributed by atoms with Crippen LogP contribution in [0.3, 0.4) is 0 Å². The number of hydrogen-bond donors (Lipinski definition) is 2. The minimum Gasteiger partial charge on any atom is -0.334 e. The molecule has 3 rings (SSSR count). The predicted octanol–water partition coefficient (Wildman–Crippen LogP) is 4.34. The molecule has 0 aliphatic heterocycles. The monoisotopic (exact) mass is 329 g/mol. The number of thiazole rings is 1. The Kier molecular flexibility index (Phi) is 4.60. The van der Waals surface area contributed by atoms with E-state index in [1.807, 2.05) is 54.8 Å². The normalized spacial score (nSPS) is 10.6. The van der Waals surface area contributed by atoms with E-state index in [1.165, 1.54) is 11.3 Å². The maximum atomic E-state index is 12.0. The number of anilines is 1. The molecular weight excluding hydrogens is 314 g/mol. The largest absolute Gasteiger partial charge is 0.334 e. The summed E-state index contributed by atoms with van der Waals surface area (Å²) in [4.78, 5) is 17.6. The first-order valence-electron chi connectivity index (χ1n) is 6.78. The Morgan fingerprint density at radius 2 is 2.00 bits per heavy atom. The van der Waals surface area contributed by atoms with Crippen LogP contribution in [0.25, 0.3) is 10.2 Å². The van der Waals surface area contributed by atoms with Gasteiger partial charge in [-0.25, -0.2) is 9.78 Å². The van der Waals surface area contributed by atoms with Crippen molar-refractivity contribution in [3.05, 3.63) is 54.1 Å². The Morgan fingerprint density at radius 1 is 1.18 bits per heavy atom. The molecular formula is C16H15N3OS2. The van der Waals surface area contributed by atoms with Crippen LogP contribution in [0.1, 0.15) is 5.56 Å². The topological polar surface area (TPSA) is 54.0 Å². The molecule has 0 atom stereocenters. The minimum atomic E-state index is -0.242. The molecule has 4 nitrogen and oxygen atoms in total. The van der Waals surface area contributed by atoms with Crippen molar-refractivity contribution in [1.82, 2.24) is 10.3 Å². The van der Waals surface area contributed by atoms with E-state index in [0.29, 0.717) is 11.7 Å². The van der Waals surface area contributed by atoms with Crippen molar-refractivity contribution in [2.45, 2.75) is 11.4 Å². The molecule has 0 bridgehead atoms. The maximum Gasteiger partial charge on any atom is 0.321 e. The fourth-order valence-electron chi connectivity index (χ4n) is 2.06. The van der Waals surface area contributed by atoms with Gasteiger partial charge in [-0.15, -0.1) is 11.8 Å². The van der Waals surface area contributed by atoms with Crippen molar-refractivity contribution in [3.63, 3.8) is 0 Å². The molecule has 0 aliphatic carbocycles. The van der Waals surface area contributed by atoms with Gasteiger partial charge < -0.3 is 5.32 Å². The lowest BCUT2D eigenvalue weighted by atomic mass is 10.2. The summed E-state index contributed by atoms with van der Waals surface area (Å²) in [6.45, 7) is 0.494. The molecule has 3 aromatic rings. The van der Waals surface area contributed by atoms with E-state index in [9.17, 15) is 4.79 Å². The summed E-state index contributed by atoms with van der Waals surface area (Å²) < 4.78 is 1.07. The van der Waals surface area contributed by atoms with Gasteiger partial charge in [0, 0.05) is 11.4 Å². The molecule has 2 N–H and O–H groups in total. The molecule has 6 heteroatoms. The lowest BCUT2D eigenvalue weighted by molar-refractivity contribution is 0.251. The van der Waals surface area contributed by atoms with Gasteiger partial charge in [0.15, 0.2) is 5.13 Å². The zero-order chi connectivity index (χ0) is 15.4. The fraction of sp³-hybridized carbons (Fsp3) is 0.125. The average molecular weight is 329 g/mol. The van der Waals surface area contributed by atoms with Crippen molar-refractivity contribution < 1.29 is 4.79 Å². The third-order valence-corrected chi connectivity index (χ3v) is 4.82. The van der Waals surface area contributed by atoms with Crippen LogP contribution in [0, 0.1) is 0 Å². The van der Waals surface area contributed by atoms with E-state index in [0.717, 1.165) is 20.7 Å². The molecule has 1 heterocycles. The van der Waals surface area contributed by atoms with Crippen LogP contribution in [0.4, 0.5) is 9.93 Å². The van der Waals surface area contributed by atoms with E-state index in [-0.39, 0.29) is 6.03 Å². The highest BCUT2D eigenvalue weighted by molar-refractivity contribution is 7.98. The molecule has 0 radical (unpaired) electrons.